The number of carbonyl (C=O) groups excluding carboxylic acids is 1. The van der Waals surface area contributed by atoms with Gasteiger partial charge in [-0.1, -0.05) is 133 Å². The molecule has 0 N–H and O–H groups in total. The smallest absolute Gasteiger partial charge is 0.194 e. The third kappa shape index (κ3) is 4.05. The van der Waals surface area contributed by atoms with Crippen LogP contribution in [-0.2, 0) is 0 Å². The second-order valence-electron chi connectivity index (χ2n) is 11.7. The molecule has 1 heteroatoms. The highest BCUT2D eigenvalue weighted by atomic mass is 16.1. The van der Waals surface area contributed by atoms with Gasteiger partial charge in [-0.2, -0.15) is 0 Å². The third-order valence-electron chi connectivity index (χ3n) is 9.20. The molecule has 8 aromatic carbocycles. The second-order valence-corrected chi connectivity index (χ2v) is 11.7. The first-order valence-electron chi connectivity index (χ1n) is 15.2. The van der Waals surface area contributed by atoms with Crippen LogP contribution < -0.4 is 0 Å². The molecule has 0 saturated heterocycles. The van der Waals surface area contributed by atoms with Gasteiger partial charge < -0.3 is 0 Å². The van der Waals surface area contributed by atoms with E-state index in [-0.39, 0.29) is 5.78 Å². The van der Waals surface area contributed by atoms with Crippen molar-refractivity contribution in [3.63, 3.8) is 0 Å². The minimum absolute atomic E-state index is 0.0398. The summed E-state index contributed by atoms with van der Waals surface area (Å²) >= 11 is 0. The lowest BCUT2D eigenvalue weighted by molar-refractivity contribution is 0.104. The van der Waals surface area contributed by atoms with Gasteiger partial charge in [0.15, 0.2) is 5.78 Å². The van der Waals surface area contributed by atoms with Crippen molar-refractivity contribution in [2.24, 2.45) is 0 Å². The van der Waals surface area contributed by atoms with Crippen LogP contribution in [0.15, 0.2) is 146 Å². The van der Waals surface area contributed by atoms with E-state index in [9.17, 15) is 4.79 Å². The molecule has 0 radical (unpaired) electrons. The molecule has 0 aromatic heterocycles. The van der Waals surface area contributed by atoms with Gasteiger partial charge in [0.1, 0.15) is 0 Å². The number of ketones is 1. The van der Waals surface area contributed by atoms with E-state index in [0.717, 1.165) is 43.8 Å². The molecule has 0 bridgehead atoms. The number of carbonyl (C=O) groups is 1. The van der Waals surface area contributed by atoms with Gasteiger partial charge in [0.2, 0.25) is 0 Å². The average Bonchev–Trinajstić information content (AvgIpc) is 3.08. The molecule has 0 fully saturated rings. The molecule has 208 valence electrons. The second kappa shape index (κ2) is 10.3. The van der Waals surface area contributed by atoms with Crippen LogP contribution in [0.1, 0.15) is 27.0 Å². The molecule has 44 heavy (non-hydrogen) atoms. The third-order valence-corrected chi connectivity index (χ3v) is 9.20. The maximum absolute atomic E-state index is 14.5. The fourth-order valence-electron chi connectivity index (χ4n) is 6.98. The van der Waals surface area contributed by atoms with Gasteiger partial charge in [-0.15, -0.1) is 0 Å². The fourth-order valence-corrected chi connectivity index (χ4v) is 6.98. The van der Waals surface area contributed by atoms with Gasteiger partial charge in [0.05, 0.1) is 0 Å². The lowest BCUT2D eigenvalue weighted by Gasteiger charge is -2.16. The first-order chi connectivity index (χ1) is 21.6. The van der Waals surface area contributed by atoms with Crippen molar-refractivity contribution < 1.29 is 4.79 Å². The monoisotopic (exact) mass is 562 g/mol. The minimum Gasteiger partial charge on any atom is -0.289 e. The van der Waals surface area contributed by atoms with Gasteiger partial charge in [0, 0.05) is 11.1 Å². The van der Waals surface area contributed by atoms with E-state index in [1.54, 1.807) is 0 Å². The molecular weight excluding hydrogens is 532 g/mol. The Labute approximate surface area is 257 Å². The molecular formula is C43H30O. The first kappa shape index (κ1) is 26.1. The van der Waals surface area contributed by atoms with Crippen LogP contribution in [0.4, 0.5) is 0 Å². The van der Waals surface area contributed by atoms with E-state index >= 15 is 0 Å². The van der Waals surface area contributed by atoms with E-state index in [0.29, 0.717) is 0 Å². The summed E-state index contributed by atoms with van der Waals surface area (Å²) in [7, 11) is 0. The Morgan fingerprint density at radius 2 is 0.591 bits per heavy atom. The van der Waals surface area contributed by atoms with Crippen molar-refractivity contribution in [3.05, 3.63) is 168 Å². The van der Waals surface area contributed by atoms with Crippen LogP contribution >= 0.6 is 0 Å². The highest BCUT2D eigenvalue weighted by molar-refractivity contribution is 6.24. The Morgan fingerprint density at radius 3 is 0.955 bits per heavy atom. The van der Waals surface area contributed by atoms with Crippen molar-refractivity contribution in [2.75, 3.05) is 0 Å². The largest absolute Gasteiger partial charge is 0.289 e. The summed E-state index contributed by atoms with van der Waals surface area (Å²) in [5.74, 6) is 0.0398. The molecule has 0 aliphatic heterocycles. The van der Waals surface area contributed by atoms with E-state index in [4.69, 9.17) is 0 Å². The maximum atomic E-state index is 14.5. The van der Waals surface area contributed by atoms with E-state index in [1.165, 1.54) is 43.8 Å². The van der Waals surface area contributed by atoms with Crippen molar-refractivity contribution in [1.82, 2.24) is 0 Å². The Bertz CT molecular complexity index is 2260. The zero-order valence-corrected chi connectivity index (χ0v) is 24.8. The molecule has 0 amide bonds. The van der Waals surface area contributed by atoms with Crippen molar-refractivity contribution >= 4 is 48.9 Å². The number of hydrogen-bond acceptors (Lipinski definition) is 1. The summed E-state index contributed by atoms with van der Waals surface area (Å²) in [5, 5.41) is 9.06. The zero-order chi connectivity index (χ0) is 29.8. The molecule has 0 saturated carbocycles. The average molecular weight is 563 g/mol. The quantitative estimate of drug-likeness (QED) is 0.195. The first-order valence-corrected chi connectivity index (χ1v) is 15.2. The number of fused-ring (bicyclic) bond motifs is 4. The highest BCUT2D eigenvalue weighted by Crippen LogP contribution is 2.39. The zero-order valence-electron chi connectivity index (χ0n) is 24.8. The summed E-state index contributed by atoms with van der Waals surface area (Å²) in [6, 6.07) is 50.8. The number of aryl methyl sites for hydroxylation is 2. The van der Waals surface area contributed by atoms with Crippen LogP contribution in [0.2, 0.25) is 0 Å². The molecule has 8 aromatic rings. The summed E-state index contributed by atoms with van der Waals surface area (Å²) in [5.41, 5.74) is 8.60. The van der Waals surface area contributed by atoms with Gasteiger partial charge >= 0.3 is 0 Å². The number of benzene rings is 8. The Morgan fingerprint density at radius 1 is 0.318 bits per heavy atom. The lowest BCUT2D eigenvalue weighted by Crippen LogP contribution is -2.04. The fraction of sp³-hybridized carbons (Fsp3) is 0.0465. The standard InChI is InChI=1S/C43H30O/c1-27-19-21-37(31-13-5-3-11-29(27)31)39-23-25-41(35-17-9-7-15-33(35)39)43(44)42-26-24-40(34-16-8-10-18-36(34)42)38-22-20-28(2)30-12-4-6-14-32(30)38/h3-26H,1-2H3. The highest BCUT2D eigenvalue weighted by Gasteiger charge is 2.20. The maximum Gasteiger partial charge on any atom is 0.194 e. The molecule has 0 heterocycles. The molecule has 0 spiro atoms. The SMILES string of the molecule is Cc1ccc(-c2ccc(C(=O)c3ccc(-c4ccc(C)c5ccccc45)c4ccccc34)c3ccccc23)c2ccccc12. The molecule has 8 rings (SSSR count). The normalized spacial score (nSPS) is 11.5. The van der Waals surface area contributed by atoms with Crippen LogP contribution in [-0.4, -0.2) is 5.78 Å². The Balaban J connectivity index is 1.31. The van der Waals surface area contributed by atoms with Crippen LogP contribution in [0.3, 0.4) is 0 Å². The van der Waals surface area contributed by atoms with Crippen LogP contribution in [0, 0.1) is 13.8 Å². The van der Waals surface area contributed by atoms with E-state index in [1.807, 2.05) is 24.3 Å². The predicted molar refractivity (Wildman–Crippen MR) is 187 cm³/mol. The molecule has 0 unspecified atom stereocenters. The molecule has 0 atom stereocenters. The molecule has 1 nitrogen and oxygen atoms in total. The van der Waals surface area contributed by atoms with Crippen molar-refractivity contribution in [3.8, 4) is 22.3 Å². The summed E-state index contributed by atoms with van der Waals surface area (Å²) < 4.78 is 0. The van der Waals surface area contributed by atoms with Crippen molar-refractivity contribution in [2.45, 2.75) is 13.8 Å². The van der Waals surface area contributed by atoms with E-state index in [2.05, 4.69) is 135 Å². The van der Waals surface area contributed by atoms with Crippen LogP contribution in [0.5, 0.6) is 0 Å². The number of rotatable bonds is 4. The van der Waals surface area contributed by atoms with Gasteiger partial charge in [-0.3, -0.25) is 4.79 Å². The predicted octanol–water partition coefficient (Wildman–Crippen LogP) is 11.5. The number of hydrogen-bond donors (Lipinski definition) is 0. The van der Waals surface area contributed by atoms with Crippen molar-refractivity contribution in [1.29, 1.82) is 0 Å². The van der Waals surface area contributed by atoms with Gasteiger partial charge in [0.25, 0.3) is 0 Å². The van der Waals surface area contributed by atoms with E-state index < -0.39 is 0 Å². The summed E-state index contributed by atoms with van der Waals surface area (Å²) in [6.45, 7) is 4.31. The van der Waals surface area contributed by atoms with Gasteiger partial charge in [-0.05, 0) is 102 Å². The topological polar surface area (TPSA) is 17.1 Å². The molecule has 0 aliphatic carbocycles. The summed E-state index contributed by atoms with van der Waals surface area (Å²) in [4.78, 5) is 14.5. The summed E-state index contributed by atoms with van der Waals surface area (Å²) in [6.07, 6.45) is 0. The molecule has 0 aliphatic rings. The van der Waals surface area contributed by atoms with Crippen LogP contribution in [0.25, 0.3) is 65.3 Å². The Hall–Kier alpha value is -5.53. The van der Waals surface area contributed by atoms with Gasteiger partial charge in [-0.25, -0.2) is 0 Å². The minimum atomic E-state index is 0.0398. The lowest BCUT2D eigenvalue weighted by atomic mass is 9.86. The Kier molecular flexibility index (Phi) is 6.13.